The maximum Gasteiger partial charge on any atom is 0.240 e. The minimum atomic E-state index is -3.61. The Hall–Kier alpha value is -1.02. The zero-order valence-electron chi connectivity index (χ0n) is 12.7. The van der Waals surface area contributed by atoms with Crippen molar-refractivity contribution in [2.75, 3.05) is 13.7 Å². The Morgan fingerprint density at radius 2 is 2.05 bits per heavy atom. The molecule has 0 amide bonds. The molecule has 1 aromatic carbocycles. The molecule has 0 aliphatic carbocycles. The van der Waals surface area contributed by atoms with Gasteiger partial charge in [0, 0.05) is 18.7 Å². The highest BCUT2D eigenvalue weighted by molar-refractivity contribution is 7.89. The Morgan fingerprint density at radius 1 is 1.43 bits per heavy atom. The van der Waals surface area contributed by atoms with Crippen molar-refractivity contribution in [3.8, 4) is 0 Å². The number of nitrogens with one attached hydrogen (secondary N) is 1. The molecular formula is C14H22N2O3S2. The third kappa shape index (κ3) is 4.74. The number of hydrogen-bond donors (Lipinski definition) is 2. The summed E-state index contributed by atoms with van der Waals surface area (Å²) in [5.41, 5.74) is 7.00. The van der Waals surface area contributed by atoms with E-state index in [9.17, 15) is 8.42 Å². The monoisotopic (exact) mass is 330 g/mol. The lowest BCUT2D eigenvalue weighted by atomic mass is 10.1. The van der Waals surface area contributed by atoms with Crippen molar-refractivity contribution in [1.82, 2.24) is 4.72 Å². The topological polar surface area (TPSA) is 81.4 Å². The summed E-state index contributed by atoms with van der Waals surface area (Å²) in [7, 11) is -2.06. The third-order valence-electron chi connectivity index (χ3n) is 3.23. The van der Waals surface area contributed by atoms with Crippen LogP contribution in [0.1, 0.15) is 25.0 Å². The Kier molecular flexibility index (Phi) is 6.27. The van der Waals surface area contributed by atoms with Crippen molar-refractivity contribution in [2.24, 2.45) is 11.7 Å². The minimum absolute atomic E-state index is 0.122. The van der Waals surface area contributed by atoms with Crippen molar-refractivity contribution in [3.05, 3.63) is 29.3 Å². The summed E-state index contributed by atoms with van der Waals surface area (Å²) in [6, 6.07) is 4.43. The SMILES string of the molecule is COCC(NS(=O)(=O)c1ccc(C(N)=S)c(C)c1)C(C)C. The van der Waals surface area contributed by atoms with E-state index in [4.69, 9.17) is 22.7 Å². The zero-order chi connectivity index (χ0) is 16.2. The molecule has 0 heterocycles. The van der Waals surface area contributed by atoms with Crippen LogP contribution in [0.4, 0.5) is 0 Å². The van der Waals surface area contributed by atoms with E-state index in [-0.39, 0.29) is 21.8 Å². The molecule has 0 aromatic heterocycles. The van der Waals surface area contributed by atoms with Gasteiger partial charge in [0.1, 0.15) is 4.99 Å². The van der Waals surface area contributed by atoms with E-state index in [1.165, 1.54) is 6.07 Å². The first-order chi connectivity index (χ1) is 9.69. The molecule has 21 heavy (non-hydrogen) atoms. The molecule has 7 heteroatoms. The fraction of sp³-hybridized carbons (Fsp3) is 0.500. The number of thiocarbonyl (C=S) groups is 1. The van der Waals surface area contributed by atoms with E-state index in [1.54, 1.807) is 26.2 Å². The van der Waals surface area contributed by atoms with E-state index in [0.29, 0.717) is 12.2 Å². The molecule has 0 radical (unpaired) electrons. The summed E-state index contributed by atoms with van der Waals surface area (Å²) in [6.07, 6.45) is 0. The van der Waals surface area contributed by atoms with Crippen LogP contribution in [-0.2, 0) is 14.8 Å². The lowest BCUT2D eigenvalue weighted by Crippen LogP contribution is -2.41. The predicted octanol–water partition coefficient (Wildman–Crippen LogP) is 1.58. The second kappa shape index (κ2) is 7.31. The lowest BCUT2D eigenvalue weighted by Gasteiger charge is -2.21. The molecule has 0 bridgehead atoms. The van der Waals surface area contributed by atoms with Gasteiger partial charge in [-0.1, -0.05) is 32.1 Å². The van der Waals surface area contributed by atoms with E-state index < -0.39 is 10.0 Å². The zero-order valence-corrected chi connectivity index (χ0v) is 14.3. The minimum Gasteiger partial charge on any atom is -0.389 e. The molecule has 118 valence electrons. The maximum atomic E-state index is 12.4. The third-order valence-corrected chi connectivity index (χ3v) is 4.94. The number of sulfonamides is 1. The first-order valence-corrected chi connectivity index (χ1v) is 8.50. The first kappa shape index (κ1) is 18.0. The van der Waals surface area contributed by atoms with Crippen molar-refractivity contribution in [3.63, 3.8) is 0 Å². The van der Waals surface area contributed by atoms with Crippen LogP contribution >= 0.6 is 12.2 Å². The van der Waals surface area contributed by atoms with Crippen molar-refractivity contribution < 1.29 is 13.2 Å². The number of methoxy groups -OCH3 is 1. The van der Waals surface area contributed by atoms with E-state index in [0.717, 1.165) is 5.56 Å². The Morgan fingerprint density at radius 3 is 2.48 bits per heavy atom. The molecule has 3 N–H and O–H groups in total. The summed E-state index contributed by atoms with van der Waals surface area (Å²) in [5.74, 6) is 0.122. The molecule has 0 saturated carbocycles. The average molecular weight is 330 g/mol. The van der Waals surface area contributed by atoms with Crippen molar-refractivity contribution in [1.29, 1.82) is 0 Å². The number of aryl methyl sites for hydroxylation is 1. The van der Waals surface area contributed by atoms with Gasteiger partial charge in [-0.05, 0) is 30.5 Å². The van der Waals surface area contributed by atoms with Crippen LogP contribution in [0.2, 0.25) is 0 Å². The first-order valence-electron chi connectivity index (χ1n) is 6.60. The summed E-state index contributed by atoms with van der Waals surface area (Å²) < 4.78 is 32.6. The highest BCUT2D eigenvalue weighted by Crippen LogP contribution is 2.17. The molecule has 5 nitrogen and oxygen atoms in total. The Bertz CT molecular complexity index is 613. The highest BCUT2D eigenvalue weighted by Gasteiger charge is 2.23. The highest BCUT2D eigenvalue weighted by atomic mass is 32.2. The van der Waals surface area contributed by atoms with Crippen LogP contribution in [0.25, 0.3) is 0 Å². The summed E-state index contributed by atoms with van der Waals surface area (Å²) in [5, 5.41) is 0. The quantitative estimate of drug-likeness (QED) is 0.742. The normalized spacial score (nSPS) is 13.4. The molecule has 1 atom stereocenters. The molecule has 0 aliphatic heterocycles. The van der Waals surface area contributed by atoms with E-state index in [1.807, 2.05) is 13.8 Å². The van der Waals surface area contributed by atoms with Gasteiger partial charge < -0.3 is 10.5 Å². The lowest BCUT2D eigenvalue weighted by molar-refractivity contribution is 0.157. The average Bonchev–Trinajstić information content (AvgIpc) is 2.37. The predicted molar refractivity (Wildman–Crippen MR) is 87.9 cm³/mol. The molecule has 0 spiro atoms. The van der Waals surface area contributed by atoms with Gasteiger partial charge in [0.25, 0.3) is 0 Å². The van der Waals surface area contributed by atoms with Crippen LogP contribution in [0.15, 0.2) is 23.1 Å². The Labute approximate surface area is 131 Å². The second-order valence-electron chi connectivity index (χ2n) is 5.27. The molecular weight excluding hydrogens is 308 g/mol. The number of rotatable bonds is 7. The second-order valence-corrected chi connectivity index (χ2v) is 7.42. The standard InChI is InChI=1S/C14H22N2O3S2/c1-9(2)13(8-19-4)16-21(17,18)11-5-6-12(14(15)20)10(3)7-11/h5-7,9,13,16H,8H2,1-4H3,(H2,15,20). The van der Waals surface area contributed by atoms with E-state index in [2.05, 4.69) is 4.72 Å². The summed E-state index contributed by atoms with van der Waals surface area (Å²) >= 11 is 4.92. The summed E-state index contributed by atoms with van der Waals surface area (Å²) in [4.78, 5) is 0.450. The van der Waals surface area contributed by atoms with Gasteiger partial charge in [-0.3, -0.25) is 0 Å². The Balaban J connectivity index is 3.08. The van der Waals surface area contributed by atoms with Gasteiger partial charge in [0.2, 0.25) is 10.0 Å². The van der Waals surface area contributed by atoms with Gasteiger partial charge in [-0.15, -0.1) is 0 Å². The van der Waals surface area contributed by atoms with Gasteiger partial charge >= 0.3 is 0 Å². The number of nitrogens with two attached hydrogens (primary N) is 1. The van der Waals surface area contributed by atoms with Crippen LogP contribution in [0.3, 0.4) is 0 Å². The number of ether oxygens (including phenoxy) is 1. The van der Waals surface area contributed by atoms with Crippen LogP contribution < -0.4 is 10.5 Å². The van der Waals surface area contributed by atoms with Gasteiger partial charge in [-0.2, -0.15) is 0 Å². The van der Waals surface area contributed by atoms with Crippen LogP contribution in [-0.4, -0.2) is 33.2 Å². The van der Waals surface area contributed by atoms with Crippen molar-refractivity contribution in [2.45, 2.75) is 31.7 Å². The number of hydrogen-bond acceptors (Lipinski definition) is 4. The van der Waals surface area contributed by atoms with Crippen LogP contribution in [0, 0.1) is 12.8 Å². The molecule has 1 unspecified atom stereocenters. The smallest absolute Gasteiger partial charge is 0.240 e. The molecule has 1 aromatic rings. The molecule has 0 aliphatic rings. The fourth-order valence-electron chi connectivity index (χ4n) is 1.89. The van der Waals surface area contributed by atoms with Crippen LogP contribution in [0.5, 0.6) is 0 Å². The van der Waals surface area contributed by atoms with Gasteiger partial charge in [0.15, 0.2) is 0 Å². The van der Waals surface area contributed by atoms with Gasteiger partial charge in [-0.25, -0.2) is 13.1 Å². The number of benzene rings is 1. The fourth-order valence-corrected chi connectivity index (χ4v) is 3.57. The summed E-state index contributed by atoms with van der Waals surface area (Å²) in [6.45, 7) is 5.98. The molecule has 0 saturated heterocycles. The van der Waals surface area contributed by atoms with E-state index >= 15 is 0 Å². The maximum absolute atomic E-state index is 12.4. The van der Waals surface area contributed by atoms with Gasteiger partial charge in [0.05, 0.1) is 11.5 Å². The van der Waals surface area contributed by atoms with Crippen molar-refractivity contribution >= 4 is 27.2 Å². The largest absolute Gasteiger partial charge is 0.389 e. The molecule has 1 rings (SSSR count). The molecule has 0 fully saturated rings.